The van der Waals surface area contributed by atoms with E-state index in [2.05, 4.69) is 18.8 Å². The fraction of sp³-hybridized carbons (Fsp3) is 0.438. The Balaban J connectivity index is 2.56. The number of aromatic nitrogens is 1. The highest BCUT2D eigenvalue weighted by molar-refractivity contribution is 5.83. The van der Waals surface area contributed by atoms with Crippen LogP contribution in [0.4, 0.5) is 4.39 Å². The van der Waals surface area contributed by atoms with Gasteiger partial charge in [-0.2, -0.15) is 0 Å². The molecule has 0 atom stereocenters. The van der Waals surface area contributed by atoms with E-state index in [1.807, 2.05) is 26.0 Å². The van der Waals surface area contributed by atoms with E-state index < -0.39 is 0 Å². The van der Waals surface area contributed by atoms with Crippen molar-refractivity contribution in [2.24, 2.45) is 11.1 Å². The summed E-state index contributed by atoms with van der Waals surface area (Å²) in [6.45, 7) is 8.65. The quantitative estimate of drug-likeness (QED) is 0.917. The Kier molecular flexibility index (Phi) is 3.59. The van der Waals surface area contributed by atoms with Gasteiger partial charge in [0.05, 0.1) is 0 Å². The first kappa shape index (κ1) is 13.9. The van der Waals surface area contributed by atoms with Gasteiger partial charge in [-0.15, -0.1) is 0 Å². The van der Waals surface area contributed by atoms with Gasteiger partial charge in [0.1, 0.15) is 11.3 Å². The summed E-state index contributed by atoms with van der Waals surface area (Å²) >= 11 is 0. The summed E-state index contributed by atoms with van der Waals surface area (Å²) in [5, 5.41) is 0.897. The van der Waals surface area contributed by atoms with Gasteiger partial charge in [0.25, 0.3) is 0 Å². The number of nitrogens with two attached hydrogens (primary N) is 1. The smallest absolute Gasteiger partial charge is 0.149 e. The predicted molar refractivity (Wildman–Crippen MR) is 77.7 cm³/mol. The van der Waals surface area contributed by atoms with Gasteiger partial charge in [0, 0.05) is 11.1 Å². The number of hydrogen-bond donors (Lipinski definition) is 1. The van der Waals surface area contributed by atoms with Crippen LogP contribution in [0, 0.1) is 25.1 Å². The Morgan fingerprint density at radius 1 is 1.21 bits per heavy atom. The van der Waals surface area contributed by atoms with Crippen molar-refractivity contribution < 1.29 is 4.39 Å². The molecule has 102 valence electrons. The van der Waals surface area contributed by atoms with Crippen molar-refractivity contribution in [2.45, 2.75) is 34.1 Å². The highest BCUT2D eigenvalue weighted by atomic mass is 19.1. The molecule has 0 saturated carbocycles. The number of aryl methyl sites for hydroxylation is 2. The fourth-order valence-corrected chi connectivity index (χ4v) is 2.40. The SMILES string of the molecule is Cc1cc(C)c2cc(CC(C)(C)CN)cc(F)c2n1. The minimum atomic E-state index is -0.243. The molecule has 0 radical (unpaired) electrons. The van der Waals surface area contributed by atoms with Gasteiger partial charge in [0.2, 0.25) is 0 Å². The maximum absolute atomic E-state index is 14.2. The van der Waals surface area contributed by atoms with Crippen molar-refractivity contribution in [3.05, 3.63) is 40.8 Å². The zero-order valence-electron chi connectivity index (χ0n) is 12.0. The molecular formula is C16H21FN2. The van der Waals surface area contributed by atoms with Crippen LogP contribution in [0.3, 0.4) is 0 Å². The minimum absolute atomic E-state index is 0.0217. The summed E-state index contributed by atoms with van der Waals surface area (Å²) in [7, 11) is 0. The van der Waals surface area contributed by atoms with E-state index in [0.717, 1.165) is 28.6 Å². The standard InChI is InChI=1S/C16H21FN2/c1-10-5-11(2)19-15-13(10)6-12(7-14(15)17)8-16(3,4)9-18/h5-7H,8-9,18H2,1-4H3. The zero-order valence-corrected chi connectivity index (χ0v) is 12.0. The first-order valence-electron chi connectivity index (χ1n) is 6.59. The summed E-state index contributed by atoms with van der Waals surface area (Å²) in [5.41, 5.74) is 9.08. The molecule has 2 nitrogen and oxygen atoms in total. The molecule has 0 aliphatic rings. The Bertz CT molecular complexity index is 618. The Hall–Kier alpha value is -1.48. The fourth-order valence-electron chi connectivity index (χ4n) is 2.40. The maximum Gasteiger partial charge on any atom is 0.149 e. The van der Waals surface area contributed by atoms with Gasteiger partial charge in [-0.3, -0.25) is 4.98 Å². The van der Waals surface area contributed by atoms with E-state index in [-0.39, 0.29) is 11.2 Å². The lowest BCUT2D eigenvalue weighted by Gasteiger charge is -2.22. The predicted octanol–water partition coefficient (Wildman–Crippen LogP) is 3.52. The minimum Gasteiger partial charge on any atom is -0.330 e. The van der Waals surface area contributed by atoms with E-state index in [0.29, 0.717) is 12.1 Å². The van der Waals surface area contributed by atoms with Crippen molar-refractivity contribution in [1.82, 2.24) is 4.98 Å². The molecule has 0 aliphatic heterocycles. The van der Waals surface area contributed by atoms with E-state index in [4.69, 9.17) is 5.73 Å². The molecule has 3 heteroatoms. The van der Waals surface area contributed by atoms with E-state index in [1.165, 1.54) is 0 Å². The average molecular weight is 260 g/mol. The summed E-state index contributed by atoms with van der Waals surface area (Å²) < 4.78 is 14.2. The second-order valence-electron chi connectivity index (χ2n) is 6.10. The lowest BCUT2D eigenvalue weighted by atomic mass is 9.85. The molecule has 0 bridgehead atoms. The van der Waals surface area contributed by atoms with Crippen molar-refractivity contribution in [1.29, 1.82) is 0 Å². The molecule has 0 amide bonds. The number of pyridine rings is 1. The Labute approximate surface area is 113 Å². The Morgan fingerprint density at radius 2 is 1.89 bits per heavy atom. The molecule has 19 heavy (non-hydrogen) atoms. The van der Waals surface area contributed by atoms with Crippen molar-refractivity contribution >= 4 is 10.9 Å². The molecular weight excluding hydrogens is 239 g/mol. The van der Waals surface area contributed by atoms with Crippen LogP contribution in [-0.4, -0.2) is 11.5 Å². The third kappa shape index (κ3) is 2.92. The van der Waals surface area contributed by atoms with Crippen molar-refractivity contribution in [3.63, 3.8) is 0 Å². The van der Waals surface area contributed by atoms with E-state index in [9.17, 15) is 4.39 Å². The monoisotopic (exact) mass is 260 g/mol. The molecule has 0 fully saturated rings. The lowest BCUT2D eigenvalue weighted by Crippen LogP contribution is -2.25. The molecule has 1 aromatic heterocycles. The van der Waals surface area contributed by atoms with Gasteiger partial charge in [-0.1, -0.05) is 13.8 Å². The van der Waals surface area contributed by atoms with Crippen molar-refractivity contribution in [3.8, 4) is 0 Å². The molecule has 0 spiro atoms. The highest BCUT2D eigenvalue weighted by Gasteiger charge is 2.18. The molecule has 2 rings (SSSR count). The van der Waals surface area contributed by atoms with Crippen LogP contribution in [0.2, 0.25) is 0 Å². The first-order valence-corrected chi connectivity index (χ1v) is 6.59. The molecule has 2 aromatic rings. The molecule has 0 aliphatic carbocycles. The Morgan fingerprint density at radius 3 is 2.53 bits per heavy atom. The van der Waals surface area contributed by atoms with Gasteiger partial charge in [-0.25, -0.2) is 4.39 Å². The van der Waals surface area contributed by atoms with Crippen LogP contribution in [0.15, 0.2) is 18.2 Å². The van der Waals surface area contributed by atoms with E-state index in [1.54, 1.807) is 6.07 Å². The number of fused-ring (bicyclic) bond motifs is 1. The number of halogens is 1. The van der Waals surface area contributed by atoms with Crippen LogP contribution in [0.1, 0.15) is 30.7 Å². The second kappa shape index (κ2) is 4.89. The van der Waals surface area contributed by atoms with Gasteiger partial charge in [0.15, 0.2) is 0 Å². The van der Waals surface area contributed by atoms with Crippen LogP contribution >= 0.6 is 0 Å². The number of nitrogens with zero attached hydrogens (tertiary/aromatic N) is 1. The normalized spacial score (nSPS) is 12.1. The average Bonchev–Trinajstić information content (AvgIpc) is 2.30. The third-order valence-electron chi connectivity index (χ3n) is 3.50. The second-order valence-corrected chi connectivity index (χ2v) is 6.10. The highest BCUT2D eigenvalue weighted by Crippen LogP contribution is 2.26. The van der Waals surface area contributed by atoms with Crippen molar-refractivity contribution in [2.75, 3.05) is 6.54 Å². The largest absolute Gasteiger partial charge is 0.330 e. The van der Waals surface area contributed by atoms with Crippen LogP contribution in [-0.2, 0) is 6.42 Å². The lowest BCUT2D eigenvalue weighted by molar-refractivity contribution is 0.376. The zero-order chi connectivity index (χ0) is 14.2. The summed E-state index contributed by atoms with van der Waals surface area (Å²) in [6, 6.07) is 5.61. The molecule has 1 aromatic carbocycles. The van der Waals surface area contributed by atoms with Gasteiger partial charge >= 0.3 is 0 Å². The topological polar surface area (TPSA) is 38.9 Å². The number of rotatable bonds is 3. The maximum atomic E-state index is 14.2. The van der Waals surface area contributed by atoms with Gasteiger partial charge < -0.3 is 5.73 Å². The molecule has 0 saturated heterocycles. The van der Waals surface area contributed by atoms with Gasteiger partial charge in [-0.05, 0) is 61.6 Å². The first-order chi connectivity index (χ1) is 8.82. The van der Waals surface area contributed by atoms with Crippen LogP contribution in [0.25, 0.3) is 10.9 Å². The number of hydrogen-bond acceptors (Lipinski definition) is 2. The summed E-state index contributed by atoms with van der Waals surface area (Å²) in [5.74, 6) is -0.243. The summed E-state index contributed by atoms with van der Waals surface area (Å²) in [4.78, 5) is 4.29. The third-order valence-corrected chi connectivity index (χ3v) is 3.50. The molecule has 0 unspecified atom stereocenters. The summed E-state index contributed by atoms with van der Waals surface area (Å²) in [6.07, 6.45) is 0.768. The number of benzene rings is 1. The van der Waals surface area contributed by atoms with Crippen LogP contribution < -0.4 is 5.73 Å². The van der Waals surface area contributed by atoms with Crippen LogP contribution in [0.5, 0.6) is 0 Å². The molecule has 2 N–H and O–H groups in total. The van der Waals surface area contributed by atoms with E-state index >= 15 is 0 Å². The molecule has 1 heterocycles.